The van der Waals surface area contributed by atoms with Gasteiger partial charge in [0.1, 0.15) is 0 Å². The summed E-state index contributed by atoms with van der Waals surface area (Å²) in [5.74, 6) is -0.0799. The van der Waals surface area contributed by atoms with Gasteiger partial charge in [0.2, 0.25) is 0 Å². The molecule has 2 N–H and O–H groups in total. The largest absolute Gasteiger partial charge is 0.398 e. The van der Waals surface area contributed by atoms with E-state index in [0.717, 1.165) is 4.47 Å². The Labute approximate surface area is 124 Å². The predicted octanol–water partition coefficient (Wildman–Crippen LogP) is 3.15. The summed E-state index contributed by atoms with van der Waals surface area (Å²) in [7, 11) is 1.77. The van der Waals surface area contributed by atoms with Gasteiger partial charge in [-0.3, -0.25) is 9.48 Å². The molecule has 0 aliphatic heterocycles. The molecule has 19 heavy (non-hydrogen) atoms. The van der Waals surface area contributed by atoms with E-state index in [1.54, 1.807) is 29.9 Å². The van der Waals surface area contributed by atoms with Crippen LogP contribution in [-0.2, 0) is 13.5 Å². The van der Waals surface area contributed by atoms with Crippen molar-refractivity contribution in [2.75, 3.05) is 5.73 Å². The molecule has 0 aliphatic rings. The highest BCUT2D eigenvalue weighted by molar-refractivity contribution is 9.10. The number of carbonyl (C=O) groups excluding carboxylic acids is 1. The first-order valence-electron chi connectivity index (χ1n) is 5.66. The van der Waals surface area contributed by atoms with E-state index in [4.69, 9.17) is 17.3 Å². The Kier molecular flexibility index (Phi) is 3.96. The van der Waals surface area contributed by atoms with E-state index in [0.29, 0.717) is 27.7 Å². The second kappa shape index (κ2) is 5.35. The lowest BCUT2D eigenvalue weighted by Gasteiger charge is -2.06. The summed E-state index contributed by atoms with van der Waals surface area (Å²) in [6.45, 7) is 1.81. The summed E-state index contributed by atoms with van der Waals surface area (Å²) in [5.41, 5.74) is 8.19. The third kappa shape index (κ3) is 2.82. The Balaban J connectivity index is 2.33. The average Bonchev–Trinajstić information content (AvgIpc) is 2.59. The summed E-state index contributed by atoms with van der Waals surface area (Å²) in [6.07, 6.45) is 0.177. The van der Waals surface area contributed by atoms with E-state index in [2.05, 4.69) is 21.0 Å². The Morgan fingerprint density at radius 1 is 1.53 bits per heavy atom. The number of hydrogen-bond donors (Lipinski definition) is 1. The van der Waals surface area contributed by atoms with Gasteiger partial charge >= 0.3 is 0 Å². The van der Waals surface area contributed by atoms with Crippen LogP contribution in [0.1, 0.15) is 21.7 Å². The van der Waals surface area contributed by atoms with Crippen LogP contribution in [0.2, 0.25) is 5.02 Å². The van der Waals surface area contributed by atoms with Gasteiger partial charge < -0.3 is 5.73 Å². The van der Waals surface area contributed by atoms with E-state index >= 15 is 0 Å². The Morgan fingerprint density at radius 3 is 2.79 bits per heavy atom. The second-order valence-corrected chi connectivity index (χ2v) is 5.59. The molecule has 0 saturated carbocycles. The number of hydrogen-bond acceptors (Lipinski definition) is 3. The maximum absolute atomic E-state index is 12.3. The fourth-order valence-electron chi connectivity index (χ4n) is 1.89. The van der Waals surface area contributed by atoms with E-state index in [1.165, 1.54) is 0 Å². The van der Waals surface area contributed by atoms with Gasteiger partial charge in [-0.05, 0) is 25.1 Å². The van der Waals surface area contributed by atoms with Gasteiger partial charge in [-0.1, -0.05) is 27.5 Å². The number of nitrogens with two attached hydrogens (primary N) is 1. The minimum absolute atomic E-state index is 0.0799. The van der Waals surface area contributed by atoms with E-state index < -0.39 is 0 Å². The maximum Gasteiger partial charge on any atom is 0.170 e. The lowest BCUT2D eigenvalue weighted by atomic mass is 10.0. The number of carbonyl (C=O) groups is 1. The van der Waals surface area contributed by atoms with Crippen molar-refractivity contribution in [1.82, 2.24) is 9.78 Å². The maximum atomic E-state index is 12.3. The van der Waals surface area contributed by atoms with Crippen LogP contribution < -0.4 is 5.73 Å². The Hall–Kier alpha value is -1.33. The normalized spacial score (nSPS) is 10.7. The topological polar surface area (TPSA) is 60.9 Å². The first-order chi connectivity index (χ1) is 8.90. The number of aryl methyl sites for hydroxylation is 2. The van der Waals surface area contributed by atoms with Crippen LogP contribution in [0, 0.1) is 6.92 Å². The summed E-state index contributed by atoms with van der Waals surface area (Å²) >= 11 is 9.47. The zero-order valence-electron chi connectivity index (χ0n) is 10.6. The van der Waals surface area contributed by atoms with E-state index in [-0.39, 0.29) is 12.2 Å². The summed E-state index contributed by atoms with van der Waals surface area (Å²) in [6, 6.07) is 5.22. The molecule has 0 saturated heterocycles. The number of rotatable bonds is 3. The molecule has 0 fully saturated rings. The SMILES string of the molecule is Cc1nn(C)c(CC(=O)c2cc(Br)ccc2N)c1Cl. The number of Topliss-reactive ketones (excluding diaryl/α,β-unsaturated/α-hetero) is 1. The number of aromatic nitrogens is 2. The molecule has 2 aromatic rings. The standard InChI is InChI=1S/C13H13BrClN3O/c1-7-13(15)11(18(2)17-7)6-12(19)9-5-8(14)3-4-10(9)16/h3-5H,6,16H2,1-2H3. The molecule has 1 heterocycles. The molecular weight excluding hydrogens is 330 g/mol. The zero-order chi connectivity index (χ0) is 14.2. The van der Waals surface area contributed by atoms with Crippen LogP contribution in [0.5, 0.6) is 0 Å². The lowest BCUT2D eigenvalue weighted by Crippen LogP contribution is -2.10. The average molecular weight is 343 g/mol. The summed E-state index contributed by atoms with van der Waals surface area (Å²) < 4.78 is 2.45. The van der Waals surface area contributed by atoms with Crippen molar-refractivity contribution in [3.63, 3.8) is 0 Å². The van der Waals surface area contributed by atoms with Crippen LogP contribution in [0.25, 0.3) is 0 Å². The van der Waals surface area contributed by atoms with Gasteiger partial charge in [0.15, 0.2) is 5.78 Å². The number of anilines is 1. The minimum atomic E-state index is -0.0799. The predicted molar refractivity (Wildman–Crippen MR) is 79.5 cm³/mol. The van der Waals surface area contributed by atoms with Gasteiger partial charge in [0, 0.05) is 22.8 Å². The molecule has 0 radical (unpaired) electrons. The van der Waals surface area contributed by atoms with Crippen molar-refractivity contribution in [3.05, 3.63) is 44.6 Å². The number of nitrogen functional groups attached to an aromatic ring is 1. The van der Waals surface area contributed by atoms with Crippen LogP contribution in [0.3, 0.4) is 0 Å². The van der Waals surface area contributed by atoms with Gasteiger partial charge in [-0.15, -0.1) is 0 Å². The molecular formula is C13H13BrClN3O. The molecule has 100 valence electrons. The number of benzene rings is 1. The highest BCUT2D eigenvalue weighted by atomic mass is 79.9. The van der Waals surface area contributed by atoms with Crippen LogP contribution >= 0.6 is 27.5 Å². The van der Waals surface area contributed by atoms with Crippen molar-refractivity contribution >= 4 is 39.0 Å². The van der Waals surface area contributed by atoms with E-state index in [1.807, 2.05) is 6.92 Å². The van der Waals surface area contributed by atoms with Crippen molar-refractivity contribution in [3.8, 4) is 0 Å². The molecule has 0 amide bonds. The lowest BCUT2D eigenvalue weighted by molar-refractivity contribution is 0.0991. The fourth-order valence-corrected chi connectivity index (χ4v) is 2.48. The minimum Gasteiger partial charge on any atom is -0.398 e. The van der Waals surface area contributed by atoms with E-state index in [9.17, 15) is 4.79 Å². The number of nitrogens with zero attached hydrogens (tertiary/aromatic N) is 2. The van der Waals surface area contributed by atoms with Crippen LogP contribution in [-0.4, -0.2) is 15.6 Å². The number of ketones is 1. The Bertz CT molecular complexity index is 652. The third-order valence-electron chi connectivity index (χ3n) is 2.91. The van der Waals surface area contributed by atoms with Crippen LogP contribution in [0.4, 0.5) is 5.69 Å². The van der Waals surface area contributed by atoms with Crippen molar-refractivity contribution in [2.24, 2.45) is 7.05 Å². The molecule has 4 nitrogen and oxygen atoms in total. The first kappa shape index (κ1) is 14.1. The monoisotopic (exact) mass is 341 g/mol. The Morgan fingerprint density at radius 2 is 2.21 bits per heavy atom. The molecule has 0 spiro atoms. The molecule has 0 unspecified atom stereocenters. The summed E-state index contributed by atoms with van der Waals surface area (Å²) in [5, 5.41) is 4.72. The van der Waals surface area contributed by atoms with Gasteiger partial charge in [0.25, 0.3) is 0 Å². The summed E-state index contributed by atoms with van der Waals surface area (Å²) in [4.78, 5) is 12.3. The number of halogens is 2. The van der Waals surface area contributed by atoms with Crippen LogP contribution in [0.15, 0.2) is 22.7 Å². The highest BCUT2D eigenvalue weighted by Crippen LogP contribution is 2.24. The highest BCUT2D eigenvalue weighted by Gasteiger charge is 2.17. The molecule has 0 atom stereocenters. The molecule has 2 rings (SSSR count). The second-order valence-electron chi connectivity index (χ2n) is 4.30. The molecule has 6 heteroatoms. The first-order valence-corrected chi connectivity index (χ1v) is 6.83. The fraction of sp³-hybridized carbons (Fsp3) is 0.231. The van der Waals surface area contributed by atoms with Crippen molar-refractivity contribution < 1.29 is 4.79 Å². The molecule has 0 aliphatic carbocycles. The zero-order valence-corrected chi connectivity index (χ0v) is 12.9. The van der Waals surface area contributed by atoms with Gasteiger partial charge in [-0.2, -0.15) is 5.10 Å². The molecule has 0 bridgehead atoms. The van der Waals surface area contributed by atoms with Gasteiger partial charge in [-0.25, -0.2) is 0 Å². The molecule has 1 aromatic heterocycles. The third-order valence-corrected chi connectivity index (χ3v) is 3.89. The smallest absolute Gasteiger partial charge is 0.170 e. The quantitative estimate of drug-likeness (QED) is 0.688. The molecule has 1 aromatic carbocycles. The van der Waals surface area contributed by atoms with Crippen molar-refractivity contribution in [2.45, 2.75) is 13.3 Å². The van der Waals surface area contributed by atoms with Gasteiger partial charge in [0.05, 0.1) is 22.8 Å². The van der Waals surface area contributed by atoms with Crippen molar-refractivity contribution in [1.29, 1.82) is 0 Å².